The predicted octanol–water partition coefficient (Wildman–Crippen LogP) is 2.03. The van der Waals surface area contributed by atoms with Gasteiger partial charge in [-0.1, -0.05) is 18.9 Å². The highest BCUT2D eigenvalue weighted by Gasteiger charge is 2.23. The highest BCUT2D eigenvalue weighted by molar-refractivity contribution is 5.25. The van der Waals surface area contributed by atoms with Crippen LogP contribution in [0.5, 0.6) is 0 Å². The maximum Gasteiger partial charge on any atom is 0.318 e. The zero-order chi connectivity index (χ0) is 12.1. The van der Waals surface area contributed by atoms with Crippen LogP contribution in [0.4, 0.5) is 6.01 Å². The summed E-state index contributed by atoms with van der Waals surface area (Å²) in [6.07, 6.45) is 4.41. The maximum absolute atomic E-state index is 5.79. The van der Waals surface area contributed by atoms with Gasteiger partial charge in [0.1, 0.15) is 0 Å². The number of aromatic nitrogens is 2. The van der Waals surface area contributed by atoms with E-state index in [4.69, 9.17) is 9.15 Å². The molecule has 0 spiro atoms. The summed E-state index contributed by atoms with van der Waals surface area (Å²) in [5.74, 6) is 0.705. The van der Waals surface area contributed by atoms with Gasteiger partial charge >= 0.3 is 6.01 Å². The number of hydrogen-bond acceptors (Lipinski definition) is 5. The SMILES string of the molecule is CCCOC1CCCN(c2nnc(CC)o2)C1. The van der Waals surface area contributed by atoms with Crippen molar-refractivity contribution in [3.8, 4) is 0 Å². The standard InChI is InChI=1S/C12H21N3O2/c1-3-8-16-10-6-5-7-15(9-10)12-14-13-11(4-2)17-12/h10H,3-9H2,1-2H3. The first-order chi connectivity index (χ1) is 8.33. The van der Waals surface area contributed by atoms with Crippen LogP contribution in [0.3, 0.4) is 0 Å². The summed E-state index contributed by atoms with van der Waals surface area (Å²) in [4.78, 5) is 2.13. The number of rotatable bonds is 5. The van der Waals surface area contributed by atoms with Crippen molar-refractivity contribution >= 4 is 6.01 Å². The number of piperidine rings is 1. The van der Waals surface area contributed by atoms with Crippen LogP contribution < -0.4 is 4.90 Å². The number of anilines is 1. The Bertz CT molecular complexity index is 340. The summed E-state index contributed by atoms with van der Waals surface area (Å²) in [5.41, 5.74) is 0. The first-order valence-corrected chi connectivity index (χ1v) is 6.52. The summed E-state index contributed by atoms with van der Waals surface area (Å²) >= 11 is 0. The van der Waals surface area contributed by atoms with Gasteiger partial charge in [0.15, 0.2) is 0 Å². The average molecular weight is 239 g/mol. The van der Waals surface area contributed by atoms with Gasteiger partial charge in [0, 0.05) is 26.1 Å². The first kappa shape index (κ1) is 12.4. The van der Waals surface area contributed by atoms with E-state index in [-0.39, 0.29) is 0 Å². The van der Waals surface area contributed by atoms with Crippen molar-refractivity contribution in [3.05, 3.63) is 5.89 Å². The molecule has 2 heterocycles. The van der Waals surface area contributed by atoms with E-state index < -0.39 is 0 Å². The Hall–Kier alpha value is -1.10. The molecule has 0 radical (unpaired) electrons. The van der Waals surface area contributed by atoms with E-state index in [1.165, 1.54) is 0 Å². The van der Waals surface area contributed by atoms with Crippen molar-refractivity contribution in [3.63, 3.8) is 0 Å². The topological polar surface area (TPSA) is 51.4 Å². The van der Waals surface area contributed by atoms with Crippen molar-refractivity contribution in [2.45, 2.75) is 45.6 Å². The number of aryl methyl sites for hydroxylation is 1. The molecule has 1 aliphatic heterocycles. The maximum atomic E-state index is 5.79. The second-order valence-corrected chi connectivity index (χ2v) is 4.41. The summed E-state index contributed by atoms with van der Waals surface area (Å²) in [6.45, 7) is 6.83. The molecule has 1 saturated heterocycles. The van der Waals surface area contributed by atoms with Gasteiger partial charge in [0.05, 0.1) is 6.10 Å². The highest BCUT2D eigenvalue weighted by atomic mass is 16.5. The molecule has 0 bridgehead atoms. The minimum absolute atomic E-state index is 0.306. The fourth-order valence-electron chi connectivity index (χ4n) is 2.05. The van der Waals surface area contributed by atoms with E-state index in [1.807, 2.05) is 6.92 Å². The molecule has 1 fully saturated rings. The Balaban J connectivity index is 1.92. The lowest BCUT2D eigenvalue weighted by atomic mass is 10.1. The second kappa shape index (κ2) is 6.00. The van der Waals surface area contributed by atoms with Gasteiger partial charge in [-0.15, -0.1) is 5.10 Å². The lowest BCUT2D eigenvalue weighted by Gasteiger charge is -2.31. The normalized spacial score (nSPS) is 20.8. The molecule has 1 aliphatic rings. The molecule has 0 N–H and O–H groups in total. The average Bonchev–Trinajstić information content (AvgIpc) is 2.85. The monoisotopic (exact) mass is 239 g/mol. The fourth-order valence-corrected chi connectivity index (χ4v) is 2.05. The number of hydrogen-bond donors (Lipinski definition) is 0. The summed E-state index contributed by atoms with van der Waals surface area (Å²) in [6, 6.07) is 0.645. The molecule has 0 aromatic carbocycles. The molecule has 5 heteroatoms. The van der Waals surface area contributed by atoms with Gasteiger partial charge in [-0.3, -0.25) is 0 Å². The lowest BCUT2D eigenvalue weighted by Crippen LogP contribution is -2.40. The fraction of sp³-hybridized carbons (Fsp3) is 0.833. The quantitative estimate of drug-likeness (QED) is 0.787. The van der Waals surface area contributed by atoms with E-state index in [0.29, 0.717) is 18.0 Å². The third kappa shape index (κ3) is 3.19. The van der Waals surface area contributed by atoms with Crippen molar-refractivity contribution in [2.24, 2.45) is 0 Å². The van der Waals surface area contributed by atoms with E-state index in [2.05, 4.69) is 22.0 Å². The molecule has 0 saturated carbocycles. The molecule has 0 aliphatic carbocycles. The molecule has 1 unspecified atom stereocenters. The molecule has 17 heavy (non-hydrogen) atoms. The molecular weight excluding hydrogens is 218 g/mol. The predicted molar refractivity (Wildman–Crippen MR) is 65.2 cm³/mol. The second-order valence-electron chi connectivity index (χ2n) is 4.41. The third-order valence-electron chi connectivity index (χ3n) is 2.96. The summed E-state index contributed by atoms with van der Waals surface area (Å²) < 4.78 is 11.4. The van der Waals surface area contributed by atoms with Crippen LogP contribution in [0.2, 0.25) is 0 Å². The van der Waals surface area contributed by atoms with Crippen LogP contribution >= 0.6 is 0 Å². The number of ether oxygens (including phenoxy) is 1. The Morgan fingerprint density at radius 1 is 1.41 bits per heavy atom. The van der Waals surface area contributed by atoms with Gasteiger partial charge in [-0.05, 0) is 19.3 Å². The third-order valence-corrected chi connectivity index (χ3v) is 2.96. The van der Waals surface area contributed by atoms with Crippen LogP contribution in [0.1, 0.15) is 39.0 Å². The van der Waals surface area contributed by atoms with Gasteiger partial charge in [-0.2, -0.15) is 0 Å². The summed E-state index contributed by atoms with van der Waals surface area (Å²) in [7, 11) is 0. The van der Waals surface area contributed by atoms with Crippen LogP contribution in [-0.2, 0) is 11.2 Å². The Labute approximate surface area is 102 Å². The molecular formula is C12H21N3O2. The van der Waals surface area contributed by atoms with Gasteiger partial charge in [0.25, 0.3) is 0 Å². The lowest BCUT2D eigenvalue weighted by molar-refractivity contribution is 0.0430. The molecule has 1 aromatic rings. The molecule has 0 amide bonds. The zero-order valence-electron chi connectivity index (χ0n) is 10.7. The van der Waals surface area contributed by atoms with Crippen LogP contribution in [0.25, 0.3) is 0 Å². The largest absolute Gasteiger partial charge is 0.408 e. The van der Waals surface area contributed by atoms with E-state index in [0.717, 1.165) is 45.4 Å². The minimum atomic E-state index is 0.306. The van der Waals surface area contributed by atoms with Crippen molar-refractivity contribution in [1.82, 2.24) is 10.2 Å². The number of nitrogens with zero attached hydrogens (tertiary/aromatic N) is 3. The molecule has 96 valence electrons. The Morgan fingerprint density at radius 2 is 2.29 bits per heavy atom. The van der Waals surface area contributed by atoms with E-state index in [1.54, 1.807) is 0 Å². The molecule has 2 rings (SSSR count). The van der Waals surface area contributed by atoms with Crippen LogP contribution in [0, 0.1) is 0 Å². The Morgan fingerprint density at radius 3 is 3.00 bits per heavy atom. The zero-order valence-corrected chi connectivity index (χ0v) is 10.7. The van der Waals surface area contributed by atoms with Crippen molar-refractivity contribution < 1.29 is 9.15 Å². The van der Waals surface area contributed by atoms with Gasteiger partial charge in [0.2, 0.25) is 5.89 Å². The summed E-state index contributed by atoms with van der Waals surface area (Å²) in [5, 5.41) is 8.08. The van der Waals surface area contributed by atoms with Crippen molar-refractivity contribution in [2.75, 3.05) is 24.6 Å². The molecule has 5 nitrogen and oxygen atoms in total. The van der Waals surface area contributed by atoms with Crippen LogP contribution in [-0.4, -0.2) is 36.0 Å². The van der Waals surface area contributed by atoms with E-state index in [9.17, 15) is 0 Å². The van der Waals surface area contributed by atoms with Crippen LogP contribution in [0.15, 0.2) is 4.42 Å². The van der Waals surface area contributed by atoms with Crippen molar-refractivity contribution in [1.29, 1.82) is 0 Å². The highest BCUT2D eigenvalue weighted by Crippen LogP contribution is 2.20. The molecule has 1 atom stereocenters. The van der Waals surface area contributed by atoms with Gasteiger partial charge in [-0.25, -0.2) is 0 Å². The minimum Gasteiger partial charge on any atom is -0.408 e. The first-order valence-electron chi connectivity index (χ1n) is 6.52. The molecule has 1 aromatic heterocycles. The van der Waals surface area contributed by atoms with Gasteiger partial charge < -0.3 is 14.1 Å². The van der Waals surface area contributed by atoms with E-state index >= 15 is 0 Å². The smallest absolute Gasteiger partial charge is 0.318 e. The Kier molecular flexibility index (Phi) is 4.36.